The van der Waals surface area contributed by atoms with Gasteiger partial charge in [-0.2, -0.15) is 5.26 Å². The Balaban J connectivity index is 2.08. The highest BCUT2D eigenvalue weighted by molar-refractivity contribution is 7.99. The maximum absolute atomic E-state index is 11.8. The zero-order valence-electron chi connectivity index (χ0n) is 13.3. The highest BCUT2D eigenvalue weighted by Crippen LogP contribution is 2.30. The average molecular weight is 326 g/mol. The summed E-state index contributed by atoms with van der Waals surface area (Å²) in [5, 5.41) is 11.7. The Morgan fingerprint density at radius 2 is 1.78 bits per heavy atom. The van der Waals surface area contributed by atoms with E-state index < -0.39 is 11.7 Å². The smallest absolute Gasteiger partial charge is 0.412 e. The van der Waals surface area contributed by atoms with Crippen molar-refractivity contribution in [2.24, 2.45) is 0 Å². The lowest BCUT2D eigenvalue weighted by molar-refractivity contribution is 0.0636. The summed E-state index contributed by atoms with van der Waals surface area (Å²) in [6.07, 6.45) is -0.480. The van der Waals surface area contributed by atoms with Crippen LogP contribution in [-0.2, 0) is 4.74 Å². The van der Waals surface area contributed by atoms with E-state index >= 15 is 0 Å². The molecule has 0 aliphatic heterocycles. The molecule has 0 heterocycles. The highest BCUT2D eigenvalue weighted by Gasteiger charge is 2.16. The number of nitrogens with zero attached hydrogens (tertiary/aromatic N) is 1. The maximum Gasteiger partial charge on any atom is 0.412 e. The molecule has 0 saturated heterocycles. The number of benzene rings is 2. The number of hydrogen-bond donors (Lipinski definition) is 1. The summed E-state index contributed by atoms with van der Waals surface area (Å²) in [5.41, 5.74) is 0.757. The van der Waals surface area contributed by atoms with Crippen LogP contribution in [0.25, 0.3) is 0 Å². The third-order valence-electron chi connectivity index (χ3n) is 2.68. The summed E-state index contributed by atoms with van der Waals surface area (Å²) in [6.45, 7) is 5.46. The van der Waals surface area contributed by atoms with Crippen molar-refractivity contribution in [2.45, 2.75) is 36.2 Å². The number of anilines is 1. The fraction of sp³-hybridized carbons (Fsp3) is 0.222. The molecule has 23 heavy (non-hydrogen) atoms. The summed E-state index contributed by atoms with van der Waals surface area (Å²) in [7, 11) is 0. The maximum atomic E-state index is 11.8. The summed E-state index contributed by atoms with van der Waals surface area (Å²) in [4.78, 5) is 13.7. The molecule has 0 radical (unpaired) electrons. The van der Waals surface area contributed by atoms with Gasteiger partial charge in [-0.1, -0.05) is 23.9 Å². The minimum atomic E-state index is -0.534. The lowest BCUT2D eigenvalue weighted by Gasteiger charge is -2.19. The standard InChI is InChI=1S/C18H18N2O2S/c1-18(2,3)22-17(21)20-14-7-5-9-16(11-14)23-15-8-4-6-13(10-15)12-19/h4-11H,1-3H3,(H,20,21). The van der Waals surface area contributed by atoms with Crippen LogP contribution in [0.15, 0.2) is 58.3 Å². The van der Waals surface area contributed by atoms with E-state index in [9.17, 15) is 4.79 Å². The van der Waals surface area contributed by atoms with Gasteiger partial charge in [0.15, 0.2) is 0 Å². The Morgan fingerprint density at radius 1 is 1.13 bits per heavy atom. The number of hydrogen-bond acceptors (Lipinski definition) is 4. The zero-order chi connectivity index (χ0) is 16.9. The monoisotopic (exact) mass is 326 g/mol. The minimum absolute atomic E-state index is 0.480. The predicted octanol–water partition coefficient (Wildman–Crippen LogP) is 5.06. The van der Waals surface area contributed by atoms with Crippen molar-refractivity contribution in [3.8, 4) is 6.07 Å². The third kappa shape index (κ3) is 5.68. The number of ether oxygens (including phenoxy) is 1. The van der Waals surface area contributed by atoms with Crippen LogP contribution >= 0.6 is 11.8 Å². The van der Waals surface area contributed by atoms with Gasteiger partial charge in [0.1, 0.15) is 5.60 Å². The largest absolute Gasteiger partial charge is 0.444 e. The first-order chi connectivity index (χ1) is 10.9. The van der Waals surface area contributed by atoms with Gasteiger partial charge in [0.05, 0.1) is 11.6 Å². The van der Waals surface area contributed by atoms with Gasteiger partial charge in [-0.15, -0.1) is 0 Å². The molecule has 0 spiro atoms. The summed E-state index contributed by atoms with van der Waals surface area (Å²) in [6, 6.07) is 17.0. The fourth-order valence-electron chi connectivity index (χ4n) is 1.82. The van der Waals surface area contributed by atoms with E-state index in [0.29, 0.717) is 11.3 Å². The second-order valence-electron chi connectivity index (χ2n) is 5.90. The Hall–Kier alpha value is -2.45. The van der Waals surface area contributed by atoms with Crippen LogP contribution in [0.3, 0.4) is 0 Å². The Labute approximate surface area is 140 Å². The molecule has 0 bridgehead atoms. The molecule has 5 heteroatoms. The molecule has 4 nitrogen and oxygen atoms in total. The Kier molecular flexibility index (Phi) is 5.30. The zero-order valence-corrected chi connectivity index (χ0v) is 14.1. The SMILES string of the molecule is CC(C)(C)OC(=O)Nc1cccc(Sc2cccc(C#N)c2)c1. The normalized spacial score (nSPS) is 10.7. The Bertz CT molecular complexity index is 745. The van der Waals surface area contributed by atoms with Crippen LogP contribution < -0.4 is 5.32 Å². The molecule has 0 aliphatic rings. The predicted molar refractivity (Wildman–Crippen MR) is 91.6 cm³/mol. The third-order valence-corrected chi connectivity index (χ3v) is 3.66. The molecule has 0 fully saturated rings. The van der Waals surface area contributed by atoms with Crippen LogP contribution in [0.5, 0.6) is 0 Å². The summed E-state index contributed by atoms with van der Waals surface area (Å²) >= 11 is 1.53. The molecule has 118 valence electrons. The first kappa shape index (κ1) is 16.9. The lowest BCUT2D eigenvalue weighted by atomic mass is 10.2. The van der Waals surface area contributed by atoms with Gasteiger partial charge >= 0.3 is 6.09 Å². The van der Waals surface area contributed by atoms with Gasteiger partial charge in [-0.25, -0.2) is 4.79 Å². The average Bonchev–Trinajstić information content (AvgIpc) is 2.45. The van der Waals surface area contributed by atoms with E-state index in [1.807, 2.05) is 57.2 Å². The van der Waals surface area contributed by atoms with Crippen molar-refractivity contribution in [3.63, 3.8) is 0 Å². The number of carbonyl (C=O) groups excluding carboxylic acids is 1. The van der Waals surface area contributed by atoms with E-state index in [4.69, 9.17) is 10.00 Å². The number of amides is 1. The van der Waals surface area contributed by atoms with Gasteiger partial charge < -0.3 is 4.74 Å². The summed E-state index contributed by atoms with van der Waals surface area (Å²) in [5.74, 6) is 0. The first-order valence-corrected chi connectivity index (χ1v) is 7.95. The van der Waals surface area contributed by atoms with Crippen LogP contribution in [0.4, 0.5) is 10.5 Å². The quantitative estimate of drug-likeness (QED) is 0.856. The highest BCUT2D eigenvalue weighted by atomic mass is 32.2. The molecular formula is C18H18N2O2S. The first-order valence-electron chi connectivity index (χ1n) is 7.14. The van der Waals surface area contributed by atoms with Crippen LogP contribution in [-0.4, -0.2) is 11.7 Å². The summed E-state index contributed by atoms with van der Waals surface area (Å²) < 4.78 is 5.24. The molecular weight excluding hydrogens is 308 g/mol. The second kappa shape index (κ2) is 7.21. The molecule has 0 aliphatic carbocycles. The molecule has 2 aromatic carbocycles. The Morgan fingerprint density at radius 3 is 2.43 bits per heavy atom. The number of rotatable bonds is 3. The minimum Gasteiger partial charge on any atom is -0.444 e. The molecule has 2 aromatic rings. The number of nitrogens with one attached hydrogen (secondary N) is 1. The van der Waals surface area contributed by atoms with E-state index in [0.717, 1.165) is 9.79 Å². The van der Waals surface area contributed by atoms with Crippen molar-refractivity contribution >= 4 is 23.5 Å². The molecule has 1 N–H and O–H groups in total. The van der Waals surface area contributed by atoms with Crippen molar-refractivity contribution in [1.29, 1.82) is 5.26 Å². The molecule has 2 rings (SSSR count). The molecule has 0 unspecified atom stereocenters. The molecule has 0 aromatic heterocycles. The molecule has 1 amide bonds. The van der Waals surface area contributed by atoms with Crippen molar-refractivity contribution in [2.75, 3.05) is 5.32 Å². The van der Waals surface area contributed by atoms with Crippen LogP contribution in [0.2, 0.25) is 0 Å². The van der Waals surface area contributed by atoms with E-state index in [2.05, 4.69) is 11.4 Å². The van der Waals surface area contributed by atoms with E-state index in [1.54, 1.807) is 12.1 Å². The second-order valence-corrected chi connectivity index (χ2v) is 7.04. The van der Waals surface area contributed by atoms with Gasteiger partial charge in [0, 0.05) is 15.5 Å². The van der Waals surface area contributed by atoms with Gasteiger partial charge in [-0.05, 0) is 57.2 Å². The van der Waals surface area contributed by atoms with Crippen molar-refractivity contribution in [3.05, 3.63) is 54.1 Å². The van der Waals surface area contributed by atoms with E-state index in [-0.39, 0.29) is 0 Å². The van der Waals surface area contributed by atoms with Crippen molar-refractivity contribution < 1.29 is 9.53 Å². The topological polar surface area (TPSA) is 62.1 Å². The molecule has 0 atom stereocenters. The lowest BCUT2D eigenvalue weighted by Crippen LogP contribution is -2.27. The van der Waals surface area contributed by atoms with Gasteiger partial charge in [0.25, 0.3) is 0 Å². The fourth-order valence-corrected chi connectivity index (χ4v) is 2.76. The molecule has 0 saturated carbocycles. The van der Waals surface area contributed by atoms with Crippen LogP contribution in [0.1, 0.15) is 26.3 Å². The van der Waals surface area contributed by atoms with Crippen molar-refractivity contribution in [1.82, 2.24) is 0 Å². The van der Waals surface area contributed by atoms with Crippen LogP contribution in [0, 0.1) is 11.3 Å². The number of nitriles is 1. The van der Waals surface area contributed by atoms with Gasteiger partial charge in [0.2, 0.25) is 0 Å². The number of carbonyl (C=O) groups is 1. The van der Waals surface area contributed by atoms with Gasteiger partial charge in [-0.3, -0.25) is 5.32 Å². The van der Waals surface area contributed by atoms with E-state index in [1.165, 1.54) is 11.8 Å².